The Morgan fingerprint density at radius 1 is 1.50 bits per heavy atom. The summed E-state index contributed by atoms with van der Waals surface area (Å²) in [5, 5.41) is 7.00. The highest BCUT2D eigenvalue weighted by Gasteiger charge is 1.67. The summed E-state index contributed by atoms with van der Waals surface area (Å²) in [5.74, 6) is 0. The quantitative estimate of drug-likeness (QED) is 0.492. The van der Waals surface area contributed by atoms with E-state index in [2.05, 4.69) is 0 Å². The number of aliphatic hydroxyl groups is 1. The van der Waals surface area contributed by atoms with Crippen LogP contribution < -0.4 is 5.73 Å². The predicted molar refractivity (Wildman–Crippen MR) is 36.6 cm³/mol. The largest absolute Gasteiger partial charge is 0.400 e. The van der Waals surface area contributed by atoms with Crippen molar-refractivity contribution in [2.24, 2.45) is 5.73 Å². The molecule has 0 aliphatic rings. The van der Waals surface area contributed by atoms with Gasteiger partial charge in [-0.05, 0) is 13.8 Å². The Balaban J connectivity index is 0. The van der Waals surface area contributed by atoms with Crippen LogP contribution in [0.3, 0.4) is 0 Å². The summed E-state index contributed by atoms with van der Waals surface area (Å²) in [6, 6.07) is 0. The van der Waals surface area contributed by atoms with Crippen molar-refractivity contribution in [2.75, 3.05) is 13.7 Å². The molecule has 50 valence electrons. The normalized spacial score (nSPS) is 6.62. The fourth-order valence-corrected chi connectivity index (χ4v) is 0.236. The Labute approximate surface area is 51.0 Å². The van der Waals surface area contributed by atoms with E-state index in [0.29, 0.717) is 6.54 Å². The summed E-state index contributed by atoms with van der Waals surface area (Å²) >= 11 is 0. The lowest BCUT2D eigenvalue weighted by Gasteiger charge is -1.80. The van der Waals surface area contributed by atoms with Crippen molar-refractivity contribution in [3.8, 4) is 0 Å². The van der Waals surface area contributed by atoms with Crippen LogP contribution in [0.4, 0.5) is 0 Å². The molecular formula is C6H15NO. The maximum absolute atomic E-state index is 7.00. The van der Waals surface area contributed by atoms with Gasteiger partial charge in [-0.15, -0.1) is 0 Å². The first-order chi connectivity index (χ1) is 3.77. The van der Waals surface area contributed by atoms with Crippen molar-refractivity contribution in [1.82, 2.24) is 0 Å². The second kappa shape index (κ2) is 9.83. The fraction of sp³-hybridized carbons (Fsp3) is 0.667. The fourth-order valence-electron chi connectivity index (χ4n) is 0.236. The van der Waals surface area contributed by atoms with Crippen molar-refractivity contribution in [3.63, 3.8) is 0 Å². The first kappa shape index (κ1) is 10.6. The van der Waals surface area contributed by atoms with Gasteiger partial charge in [0.15, 0.2) is 0 Å². The van der Waals surface area contributed by atoms with Gasteiger partial charge in [0.25, 0.3) is 0 Å². The topological polar surface area (TPSA) is 46.2 Å². The molecule has 0 spiro atoms. The van der Waals surface area contributed by atoms with Crippen LogP contribution >= 0.6 is 0 Å². The Morgan fingerprint density at radius 2 is 1.88 bits per heavy atom. The molecule has 0 radical (unpaired) electrons. The molecule has 0 fully saturated rings. The molecule has 0 aromatic heterocycles. The number of hydrogen-bond acceptors (Lipinski definition) is 2. The minimum absolute atomic E-state index is 0.669. The van der Waals surface area contributed by atoms with Gasteiger partial charge in [-0.3, -0.25) is 0 Å². The van der Waals surface area contributed by atoms with Gasteiger partial charge in [-0.2, -0.15) is 0 Å². The number of aliphatic hydroxyl groups excluding tert-OH is 1. The summed E-state index contributed by atoms with van der Waals surface area (Å²) in [6.45, 7) is 4.74. The zero-order valence-electron chi connectivity index (χ0n) is 5.81. The first-order valence-corrected chi connectivity index (χ1v) is 2.55. The molecule has 2 nitrogen and oxygen atoms in total. The minimum atomic E-state index is 0.669. The minimum Gasteiger partial charge on any atom is -0.400 e. The second-order valence-corrected chi connectivity index (χ2v) is 1.52. The van der Waals surface area contributed by atoms with E-state index in [1.54, 1.807) is 0 Å². The van der Waals surface area contributed by atoms with Gasteiger partial charge >= 0.3 is 0 Å². The highest BCUT2D eigenvalue weighted by molar-refractivity contribution is 4.93. The molecule has 0 heterocycles. The molecule has 0 saturated carbocycles. The number of nitrogens with two attached hydrogens (primary N) is 1. The molecule has 0 atom stereocenters. The molecule has 0 bridgehead atoms. The van der Waals surface area contributed by atoms with Crippen molar-refractivity contribution in [3.05, 3.63) is 11.6 Å². The van der Waals surface area contributed by atoms with E-state index in [1.165, 1.54) is 5.57 Å². The molecule has 0 rings (SSSR count). The summed E-state index contributed by atoms with van der Waals surface area (Å²) in [6.07, 6.45) is 1.99. The van der Waals surface area contributed by atoms with Crippen LogP contribution in [0.2, 0.25) is 0 Å². The summed E-state index contributed by atoms with van der Waals surface area (Å²) < 4.78 is 0. The Kier molecular flexibility index (Phi) is 13.0. The van der Waals surface area contributed by atoms with Crippen LogP contribution in [0.5, 0.6) is 0 Å². The zero-order chi connectivity index (χ0) is 6.99. The summed E-state index contributed by atoms with van der Waals surface area (Å²) in [5.41, 5.74) is 6.44. The lowest BCUT2D eigenvalue weighted by molar-refractivity contribution is 0.399. The second-order valence-electron chi connectivity index (χ2n) is 1.52. The molecule has 0 aliphatic heterocycles. The van der Waals surface area contributed by atoms with Gasteiger partial charge in [0.2, 0.25) is 0 Å². The van der Waals surface area contributed by atoms with Gasteiger partial charge in [0, 0.05) is 13.7 Å². The van der Waals surface area contributed by atoms with Crippen LogP contribution in [0, 0.1) is 0 Å². The predicted octanol–water partition coefficient (Wildman–Crippen LogP) is 0.520. The van der Waals surface area contributed by atoms with Crippen LogP contribution in [0.15, 0.2) is 11.6 Å². The average molecular weight is 117 g/mol. The maximum Gasteiger partial charge on any atom is 0.0319 e. The highest BCUT2D eigenvalue weighted by atomic mass is 16.2. The third-order valence-electron chi connectivity index (χ3n) is 0.526. The first-order valence-electron chi connectivity index (χ1n) is 2.55. The van der Waals surface area contributed by atoms with Crippen LogP contribution in [-0.2, 0) is 0 Å². The third kappa shape index (κ3) is 17.4. The molecule has 3 N–H and O–H groups in total. The van der Waals surface area contributed by atoms with Gasteiger partial charge in [-0.25, -0.2) is 0 Å². The molecule has 0 unspecified atom stereocenters. The Bertz CT molecular complexity index is 55.5. The summed E-state index contributed by atoms with van der Waals surface area (Å²) in [4.78, 5) is 0. The van der Waals surface area contributed by atoms with Gasteiger partial charge in [0.1, 0.15) is 0 Å². The van der Waals surface area contributed by atoms with Crippen LogP contribution in [0.1, 0.15) is 13.8 Å². The maximum atomic E-state index is 7.00. The van der Waals surface area contributed by atoms with E-state index in [0.717, 1.165) is 7.11 Å². The molecule has 0 amide bonds. The van der Waals surface area contributed by atoms with Crippen molar-refractivity contribution < 1.29 is 5.11 Å². The SMILES string of the molecule is CC(C)=CCN.CO. The van der Waals surface area contributed by atoms with E-state index < -0.39 is 0 Å². The standard InChI is InChI=1S/C5H11N.CH4O/c1-5(2)3-4-6;1-2/h3H,4,6H2,1-2H3;2H,1H3. The van der Waals surface area contributed by atoms with Crippen molar-refractivity contribution >= 4 is 0 Å². The number of rotatable bonds is 1. The number of allylic oxidation sites excluding steroid dienone is 1. The van der Waals surface area contributed by atoms with E-state index >= 15 is 0 Å². The molecule has 0 saturated heterocycles. The van der Waals surface area contributed by atoms with E-state index in [1.807, 2.05) is 19.9 Å². The van der Waals surface area contributed by atoms with Gasteiger partial charge < -0.3 is 10.8 Å². The van der Waals surface area contributed by atoms with Crippen LogP contribution in [0.25, 0.3) is 0 Å². The lowest BCUT2D eigenvalue weighted by atomic mass is 10.3. The molecule has 2 heteroatoms. The van der Waals surface area contributed by atoms with Gasteiger partial charge in [-0.1, -0.05) is 11.6 Å². The average Bonchev–Trinajstić information content (AvgIpc) is 1.72. The molecule has 0 aromatic carbocycles. The van der Waals surface area contributed by atoms with Crippen molar-refractivity contribution in [1.29, 1.82) is 0 Å². The Hall–Kier alpha value is -0.340. The zero-order valence-corrected chi connectivity index (χ0v) is 5.81. The molecular weight excluding hydrogens is 102 g/mol. The molecule has 8 heavy (non-hydrogen) atoms. The van der Waals surface area contributed by atoms with E-state index in [-0.39, 0.29) is 0 Å². The van der Waals surface area contributed by atoms with Gasteiger partial charge in [0.05, 0.1) is 0 Å². The smallest absolute Gasteiger partial charge is 0.0319 e. The van der Waals surface area contributed by atoms with E-state index in [9.17, 15) is 0 Å². The summed E-state index contributed by atoms with van der Waals surface area (Å²) in [7, 11) is 1.00. The molecule has 0 aromatic rings. The monoisotopic (exact) mass is 117 g/mol. The van der Waals surface area contributed by atoms with Crippen molar-refractivity contribution in [2.45, 2.75) is 13.8 Å². The third-order valence-corrected chi connectivity index (χ3v) is 0.526. The lowest BCUT2D eigenvalue weighted by Crippen LogP contribution is -1.92. The number of hydrogen-bond donors (Lipinski definition) is 2. The molecule has 0 aliphatic carbocycles. The van der Waals surface area contributed by atoms with E-state index in [4.69, 9.17) is 10.8 Å². The highest BCUT2D eigenvalue weighted by Crippen LogP contribution is 1.82. The Morgan fingerprint density at radius 3 is 1.88 bits per heavy atom. The van der Waals surface area contributed by atoms with Crippen LogP contribution in [-0.4, -0.2) is 18.8 Å².